The normalized spacial score (nSPS) is 32.4. The highest BCUT2D eigenvalue weighted by Gasteiger charge is 2.41. The molecule has 0 unspecified atom stereocenters. The molecule has 0 aromatic carbocycles. The molecule has 84 valence electrons. The molecule has 0 saturated heterocycles. The van der Waals surface area contributed by atoms with Crippen LogP contribution in [0.25, 0.3) is 0 Å². The van der Waals surface area contributed by atoms with Gasteiger partial charge in [-0.25, -0.2) is 0 Å². The Morgan fingerprint density at radius 1 is 1.50 bits per heavy atom. The molecule has 2 aliphatic carbocycles. The molecule has 0 spiro atoms. The summed E-state index contributed by atoms with van der Waals surface area (Å²) in [7, 11) is 0. The molecule has 1 heterocycles. The Morgan fingerprint density at radius 2 is 2.31 bits per heavy atom. The molecule has 2 aliphatic rings. The van der Waals surface area contributed by atoms with Crippen LogP contribution in [-0.2, 0) is 12.8 Å². The Balaban J connectivity index is 2.09. The van der Waals surface area contributed by atoms with E-state index >= 15 is 0 Å². The monoisotopic (exact) mass is 214 g/mol. The first-order valence-corrected chi connectivity index (χ1v) is 6.01. The van der Waals surface area contributed by atoms with Gasteiger partial charge in [0, 0.05) is 6.42 Å². The van der Waals surface area contributed by atoms with Gasteiger partial charge in [0.25, 0.3) is 0 Å². The van der Waals surface area contributed by atoms with Crippen molar-refractivity contribution in [1.29, 1.82) is 0 Å². The van der Waals surface area contributed by atoms with E-state index in [0.717, 1.165) is 19.3 Å². The van der Waals surface area contributed by atoms with Crippen LogP contribution in [0, 0.1) is 18.3 Å². The summed E-state index contributed by atoms with van der Waals surface area (Å²) >= 11 is 0. The first kappa shape index (κ1) is 9.95. The molecule has 16 heavy (non-hydrogen) atoms. The Labute approximate surface area is 96.8 Å². The van der Waals surface area contributed by atoms with E-state index in [9.17, 15) is 0 Å². The summed E-state index contributed by atoms with van der Waals surface area (Å²) in [5, 5.41) is 0. The predicted octanol–water partition coefficient (Wildman–Crippen LogP) is 3.83. The highest BCUT2D eigenvalue weighted by molar-refractivity contribution is 5.37. The van der Waals surface area contributed by atoms with Crippen LogP contribution in [0.15, 0.2) is 35.0 Å². The Morgan fingerprint density at radius 3 is 3.12 bits per heavy atom. The van der Waals surface area contributed by atoms with Gasteiger partial charge in [0.05, 0.1) is 6.26 Å². The molecule has 2 atom stereocenters. The summed E-state index contributed by atoms with van der Waals surface area (Å²) in [5.41, 5.74) is 4.35. The number of furan rings is 1. The number of rotatable bonds is 0. The molecule has 0 radical (unpaired) electrons. The van der Waals surface area contributed by atoms with Crippen LogP contribution < -0.4 is 0 Å². The number of hydrogen-bond acceptors (Lipinski definition) is 1. The molecule has 3 rings (SSSR count). The smallest absolute Gasteiger partial charge is 0.108 e. The van der Waals surface area contributed by atoms with Crippen LogP contribution in [-0.4, -0.2) is 0 Å². The lowest BCUT2D eigenvalue weighted by atomic mass is 9.62. The summed E-state index contributed by atoms with van der Waals surface area (Å²) in [6, 6.07) is 0. The SMILES string of the molecule is C=C1CC=C[C@]2(C)Cc3occ(C)c3C[C@H]12. The van der Waals surface area contributed by atoms with E-state index in [1.54, 1.807) is 0 Å². The fraction of sp³-hybridized carbons (Fsp3) is 0.467. The van der Waals surface area contributed by atoms with E-state index in [1.807, 2.05) is 6.26 Å². The molecule has 1 nitrogen and oxygen atoms in total. The summed E-state index contributed by atoms with van der Waals surface area (Å²) in [5.74, 6) is 1.79. The van der Waals surface area contributed by atoms with Crippen LogP contribution in [0.4, 0.5) is 0 Å². The molecular formula is C15H18O. The second-order valence-corrected chi connectivity index (χ2v) is 5.52. The van der Waals surface area contributed by atoms with Crippen molar-refractivity contribution in [3.63, 3.8) is 0 Å². The fourth-order valence-electron chi connectivity index (χ4n) is 3.26. The lowest BCUT2D eigenvalue weighted by Gasteiger charge is -2.42. The summed E-state index contributed by atoms with van der Waals surface area (Å²) in [6.07, 6.45) is 9.71. The molecule has 1 aromatic rings. The minimum Gasteiger partial charge on any atom is -0.469 e. The first-order chi connectivity index (χ1) is 7.60. The zero-order chi connectivity index (χ0) is 11.3. The van der Waals surface area contributed by atoms with E-state index in [1.165, 1.54) is 22.5 Å². The lowest BCUT2D eigenvalue weighted by molar-refractivity contribution is 0.238. The van der Waals surface area contributed by atoms with E-state index in [-0.39, 0.29) is 5.41 Å². The topological polar surface area (TPSA) is 13.1 Å². The van der Waals surface area contributed by atoms with Crippen molar-refractivity contribution in [2.24, 2.45) is 11.3 Å². The van der Waals surface area contributed by atoms with Crippen molar-refractivity contribution in [3.8, 4) is 0 Å². The summed E-state index contributed by atoms with van der Waals surface area (Å²) < 4.78 is 5.67. The van der Waals surface area contributed by atoms with Gasteiger partial charge in [-0.2, -0.15) is 0 Å². The van der Waals surface area contributed by atoms with Crippen molar-refractivity contribution in [2.75, 3.05) is 0 Å². The Hall–Kier alpha value is -1.24. The fourth-order valence-corrected chi connectivity index (χ4v) is 3.26. The summed E-state index contributed by atoms with van der Waals surface area (Å²) in [6.45, 7) is 8.73. The minimum absolute atomic E-state index is 0.229. The van der Waals surface area contributed by atoms with Crippen molar-refractivity contribution in [3.05, 3.63) is 47.5 Å². The standard InChI is InChI=1S/C15H18O/c1-10-5-4-6-15(3)8-14-12(7-13(10)15)11(2)9-16-14/h4,6,9,13H,1,5,7-8H2,2-3H3/t13-,15-/m1/s1. The Kier molecular flexibility index (Phi) is 1.95. The van der Waals surface area contributed by atoms with Gasteiger partial charge < -0.3 is 4.42 Å². The highest BCUT2D eigenvalue weighted by atomic mass is 16.3. The molecule has 0 amide bonds. The average Bonchev–Trinajstić information content (AvgIpc) is 2.57. The predicted molar refractivity (Wildman–Crippen MR) is 65.3 cm³/mol. The van der Waals surface area contributed by atoms with Gasteiger partial charge in [0.1, 0.15) is 5.76 Å². The lowest BCUT2D eigenvalue weighted by Crippen LogP contribution is -2.36. The Bertz CT molecular complexity index is 478. The quantitative estimate of drug-likeness (QED) is 0.598. The molecule has 0 bridgehead atoms. The van der Waals surface area contributed by atoms with Crippen molar-refractivity contribution >= 4 is 0 Å². The van der Waals surface area contributed by atoms with Gasteiger partial charge in [-0.3, -0.25) is 0 Å². The van der Waals surface area contributed by atoms with Crippen LogP contribution in [0.5, 0.6) is 0 Å². The third kappa shape index (κ3) is 1.24. The average molecular weight is 214 g/mol. The minimum atomic E-state index is 0.229. The highest BCUT2D eigenvalue weighted by Crippen LogP contribution is 2.48. The molecular weight excluding hydrogens is 196 g/mol. The van der Waals surface area contributed by atoms with Crippen molar-refractivity contribution in [1.82, 2.24) is 0 Å². The number of fused-ring (bicyclic) bond motifs is 2. The zero-order valence-corrected chi connectivity index (χ0v) is 10.0. The van der Waals surface area contributed by atoms with Gasteiger partial charge in [0.15, 0.2) is 0 Å². The van der Waals surface area contributed by atoms with Gasteiger partial charge in [0.2, 0.25) is 0 Å². The largest absolute Gasteiger partial charge is 0.469 e. The maximum Gasteiger partial charge on any atom is 0.108 e. The number of allylic oxidation sites excluding steroid dienone is 3. The van der Waals surface area contributed by atoms with Gasteiger partial charge in [-0.05, 0) is 42.2 Å². The second kappa shape index (κ2) is 3.13. The van der Waals surface area contributed by atoms with Gasteiger partial charge in [-0.15, -0.1) is 0 Å². The van der Waals surface area contributed by atoms with Crippen molar-refractivity contribution < 1.29 is 4.42 Å². The van der Waals surface area contributed by atoms with Crippen LogP contribution >= 0.6 is 0 Å². The molecule has 0 aliphatic heterocycles. The van der Waals surface area contributed by atoms with Gasteiger partial charge >= 0.3 is 0 Å². The molecule has 0 saturated carbocycles. The second-order valence-electron chi connectivity index (χ2n) is 5.52. The van der Waals surface area contributed by atoms with Crippen LogP contribution in [0.2, 0.25) is 0 Å². The third-order valence-electron chi connectivity index (χ3n) is 4.31. The van der Waals surface area contributed by atoms with E-state index < -0.39 is 0 Å². The zero-order valence-electron chi connectivity index (χ0n) is 10.0. The van der Waals surface area contributed by atoms with E-state index in [0.29, 0.717) is 5.92 Å². The number of hydrogen-bond donors (Lipinski definition) is 0. The summed E-state index contributed by atoms with van der Waals surface area (Å²) in [4.78, 5) is 0. The molecule has 0 N–H and O–H groups in total. The first-order valence-electron chi connectivity index (χ1n) is 6.01. The molecule has 0 fully saturated rings. The van der Waals surface area contributed by atoms with Gasteiger partial charge in [-0.1, -0.05) is 31.2 Å². The van der Waals surface area contributed by atoms with E-state index in [2.05, 4.69) is 32.6 Å². The van der Waals surface area contributed by atoms with Crippen LogP contribution in [0.1, 0.15) is 30.2 Å². The van der Waals surface area contributed by atoms with E-state index in [4.69, 9.17) is 4.42 Å². The maximum absolute atomic E-state index is 5.67. The van der Waals surface area contributed by atoms with Crippen molar-refractivity contribution in [2.45, 2.75) is 33.1 Å². The number of aryl methyl sites for hydroxylation is 1. The molecule has 1 heteroatoms. The molecule has 1 aromatic heterocycles. The third-order valence-corrected chi connectivity index (χ3v) is 4.31. The van der Waals surface area contributed by atoms with Crippen LogP contribution in [0.3, 0.4) is 0 Å². The maximum atomic E-state index is 5.67.